The van der Waals surface area contributed by atoms with Crippen LogP contribution in [0.2, 0.25) is 5.02 Å². The molecule has 164 valence electrons. The van der Waals surface area contributed by atoms with Crippen LogP contribution in [0.5, 0.6) is 23.0 Å². The van der Waals surface area contributed by atoms with E-state index in [4.69, 9.17) is 21.1 Å². The molecule has 2 heterocycles. The van der Waals surface area contributed by atoms with Gasteiger partial charge in [-0.1, -0.05) is 11.6 Å². The molecular weight excluding hydrogens is 1120 g/mol. The van der Waals surface area contributed by atoms with Crippen molar-refractivity contribution in [3.63, 3.8) is 0 Å². The maximum Gasteiger partial charge on any atom is 0.341 e. The van der Waals surface area contributed by atoms with Crippen LogP contribution < -0.4 is 4.74 Å². The van der Waals surface area contributed by atoms with Gasteiger partial charge in [-0.05, 0) is 154 Å². The molecule has 0 amide bonds. The van der Waals surface area contributed by atoms with E-state index in [0.29, 0.717) is 53.1 Å². The molecule has 0 aromatic heterocycles. The summed E-state index contributed by atoms with van der Waals surface area (Å²) >= 11 is 19.0. The molecular formula is C20H5ClI6O5. The number of ether oxygens (including phenoxy) is 2. The number of halogens is 7. The Morgan fingerprint density at radius 1 is 0.781 bits per heavy atom. The smallest absolute Gasteiger partial charge is 0.341 e. The van der Waals surface area contributed by atoms with Crippen LogP contribution in [-0.4, -0.2) is 16.2 Å². The number of phenolic OH excluding ortho intramolecular Hbond substituents is 2. The third-order valence-corrected chi connectivity index (χ3v) is 11.3. The Hall–Kier alpha value is 1.20. The SMILES string of the molecule is O=C1OC2(c3cc(I)c(O)c(I)c3Oc3c2cc(I)c(O)c3I)c2c(I)cc(I)c(Cl)c21. The number of hydrogen-bond donors (Lipinski definition) is 2. The third-order valence-electron chi connectivity index (χ3n) is 5.23. The highest BCUT2D eigenvalue weighted by Crippen LogP contribution is 2.61. The van der Waals surface area contributed by atoms with Crippen molar-refractivity contribution in [2.75, 3.05) is 0 Å². The van der Waals surface area contributed by atoms with E-state index in [2.05, 4.69) is 45.2 Å². The summed E-state index contributed by atoms with van der Waals surface area (Å²) in [4.78, 5) is 13.3. The van der Waals surface area contributed by atoms with Crippen molar-refractivity contribution >= 4 is 153 Å². The normalized spacial score (nSPS) is 15.2. The number of carbonyl (C=O) groups is 1. The molecule has 0 aliphatic carbocycles. The second-order valence-corrected chi connectivity index (χ2v) is 14.1. The van der Waals surface area contributed by atoms with E-state index >= 15 is 0 Å². The molecule has 0 unspecified atom stereocenters. The molecule has 0 saturated carbocycles. The summed E-state index contributed by atoms with van der Waals surface area (Å²) in [6.07, 6.45) is 0. The first-order valence-corrected chi connectivity index (χ1v) is 15.4. The summed E-state index contributed by atoms with van der Waals surface area (Å²) in [6.45, 7) is 0. The van der Waals surface area contributed by atoms with E-state index in [1.165, 1.54) is 0 Å². The molecule has 3 aromatic carbocycles. The van der Waals surface area contributed by atoms with Gasteiger partial charge in [-0.2, -0.15) is 0 Å². The van der Waals surface area contributed by atoms with E-state index < -0.39 is 11.6 Å². The molecule has 32 heavy (non-hydrogen) atoms. The number of esters is 1. The minimum Gasteiger partial charge on any atom is -0.506 e. The Labute approximate surface area is 268 Å². The molecule has 1 spiro atoms. The predicted molar refractivity (Wildman–Crippen MR) is 169 cm³/mol. The van der Waals surface area contributed by atoms with Gasteiger partial charge in [0.15, 0.2) is 17.1 Å². The maximum absolute atomic E-state index is 13.3. The van der Waals surface area contributed by atoms with Gasteiger partial charge in [0, 0.05) is 12.7 Å². The minimum atomic E-state index is -1.35. The average molecular weight is 1120 g/mol. The number of benzene rings is 3. The van der Waals surface area contributed by atoms with Crippen LogP contribution in [0.25, 0.3) is 0 Å². The lowest BCUT2D eigenvalue weighted by molar-refractivity contribution is 0.0221. The Kier molecular flexibility index (Phi) is 6.72. The van der Waals surface area contributed by atoms with Crippen LogP contribution in [0.3, 0.4) is 0 Å². The van der Waals surface area contributed by atoms with Crippen LogP contribution >= 0.6 is 147 Å². The lowest BCUT2D eigenvalue weighted by Gasteiger charge is -2.38. The van der Waals surface area contributed by atoms with Crippen molar-refractivity contribution in [2.45, 2.75) is 5.60 Å². The first kappa shape index (κ1) is 24.9. The zero-order chi connectivity index (χ0) is 23.3. The summed E-state index contributed by atoms with van der Waals surface area (Å²) < 4.78 is 16.2. The molecule has 2 aliphatic heterocycles. The van der Waals surface area contributed by atoms with E-state index in [0.717, 1.165) is 7.14 Å². The van der Waals surface area contributed by atoms with Crippen molar-refractivity contribution in [3.8, 4) is 23.0 Å². The van der Waals surface area contributed by atoms with E-state index in [1.54, 1.807) is 12.1 Å². The molecule has 3 aromatic rings. The second kappa shape index (κ2) is 8.65. The predicted octanol–water partition coefficient (Wildman–Crippen LogP) is 7.95. The summed E-state index contributed by atoms with van der Waals surface area (Å²) in [5.41, 5.74) is 0.792. The number of hydrogen-bond acceptors (Lipinski definition) is 5. The van der Waals surface area contributed by atoms with Crippen molar-refractivity contribution in [1.29, 1.82) is 0 Å². The Morgan fingerprint density at radius 3 is 1.78 bits per heavy atom. The van der Waals surface area contributed by atoms with Gasteiger partial charge in [-0.15, -0.1) is 0 Å². The number of carbonyl (C=O) groups excluding carboxylic acids is 1. The molecule has 5 rings (SSSR count). The molecule has 0 bridgehead atoms. The Morgan fingerprint density at radius 2 is 1.28 bits per heavy atom. The van der Waals surface area contributed by atoms with Crippen LogP contribution in [0.1, 0.15) is 27.0 Å². The number of aromatic hydroxyl groups is 2. The van der Waals surface area contributed by atoms with Gasteiger partial charge in [0.25, 0.3) is 0 Å². The highest BCUT2D eigenvalue weighted by atomic mass is 127. The van der Waals surface area contributed by atoms with Crippen LogP contribution in [0.4, 0.5) is 0 Å². The third kappa shape index (κ3) is 3.35. The number of phenols is 2. The quantitative estimate of drug-likeness (QED) is 0.136. The van der Waals surface area contributed by atoms with Crippen molar-refractivity contribution in [1.82, 2.24) is 0 Å². The van der Waals surface area contributed by atoms with E-state index in [-0.39, 0.29) is 11.5 Å². The van der Waals surface area contributed by atoms with Gasteiger partial charge in [0.2, 0.25) is 0 Å². The van der Waals surface area contributed by atoms with Gasteiger partial charge < -0.3 is 19.7 Å². The molecule has 0 atom stereocenters. The molecule has 0 saturated heterocycles. The first-order chi connectivity index (χ1) is 15.0. The zero-order valence-corrected chi connectivity index (χ0v) is 28.7. The molecule has 0 fully saturated rings. The van der Waals surface area contributed by atoms with Gasteiger partial charge in [-0.3, -0.25) is 0 Å². The summed E-state index contributed by atoms with van der Waals surface area (Å²) in [5.74, 6) is 0.374. The van der Waals surface area contributed by atoms with Gasteiger partial charge in [0.05, 0.1) is 36.0 Å². The minimum absolute atomic E-state index is 0.0770. The number of rotatable bonds is 0. The van der Waals surface area contributed by atoms with Crippen LogP contribution in [0.15, 0.2) is 18.2 Å². The Bertz CT molecular complexity index is 1340. The van der Waals surface area contributed by atoms with Gasteiger partial charge >= 0.3 is 5.97 Å². The second-order valence-electron chi connectivity index (χ2n) is 6.87. The molecule has 2 N–H and O–H groups in total. The van der Waals surface area contributed by atoms with E-state index in [9.17, 15) is 15.0 Å². The topological polar surface area (TPSA) is 76.0 Å². The maximum atomic E-state index is 13.3. The van der Waals surface area contributed by atoms with Crippen LogP contribution in [0, 0.1) is 21.4 Å². The lowest BCUT2D eigenvalue weighted by atomic mass is 9.77. The average Bonchev–Trinajstić information content (AvgIpc) is 3.05. The summed E-state index contributed by atoms with van der Waals surface area (Å²) in [7, 11) is 0. The van der Waals surface area contributed by atoms with Gasteiger partial charge in [0.1, 0.15) is 11.5 Å². The fourth-order valence-electron chi connectivity index (χ4n) is 3.90. The molecule has 0 radical (unpaired) electrons. The Balaban J connectivity index is 2.03. The fourth-order valence-corrected chi connectivity index (χ4v) is 9.84. The monoisotopic (exact) mass is 1120 g/mol. The summed E-state index contributed by atoms with van der Waals surface area (Å²) in [6, 6.07) is 5.45. The van der Waals surface area contributed by atoms with Crippen LogP contribution in [-0.2, 0) is 10.3 Å². The fraction of sp³-hybridized carbons (Fsp3) is 0.0500. The largest absolute Gasteiger partial charge is 0.506 e. The van der Waals surface area contributed by atoms with E-state index in [1.807, 2.05) is 96.4 Å². The highest BCUT2D eigenvalue weighted by Gasteiger charge is 2.57. The van der Waals surface area contributed by atoms with Crippen molar-refractivity contribution < 1.29 is 24.5 Å². The molecule has 5 nitrogen and oxygen atoms in total. The first-order valence-electron chi connectivity index (χ1n) is 8.52. The van der Waals surface area contributed by atoms with Gasteiger partial charge in [-0.25, -0.2) is 4.79 Å². The number of fused-ring (bicyclic) bond motifs is 6. The highest BCUT2D eigenvalue weighted by molar-refractivity contribution is 14.1. The molecule has 2 aliphatic rings. The lowest BCUT2D eigenvalue weighted by Crippen LogP contribution is -2.34. The standard InChI is InChI=1S/C20H5ClI6O5/c21-12-7(23)3-6(22)11-10(12)19(30)32-20(11)4-1-8(24)15(28)13(26)17(4)31-18-5(20)2-9(25)16(29)14(18)27/h1-3,28-29H. The summed E-state index contributed by atoms with van der Waals surface area (Å²) in [5, 5.41) is 21.6. The van der Waals surface area contributed by atoms with Crippen molar-refractivity contribution in [3.05, 3.63) is 66.9 Å². The molecule has 12 heteroatoms. The zero-order valence-electron chi connectivity index (χ0n) is 15.0. The van der Waals surface area contributed by atoms with Crippen molar-refractivity contribution in [2.24, 2.45) is 0 Å².